The number of benzene rings is 2. The lowest BCUT2D eigenvalue weighted by Gasteiger charge is -2.38. The predicted octanol–water partition coefficient (Wildman–Crippen LogP) is 4.17. The van der Waals surface area contributed by atoms with Crippen molar-refractivity contribution in [2.45, 2.75) is 45.9 Å². The van der Waals surface area contributed by atoms with E-state index in [2.05, 4.69) is 5.10 Å². The van der Waals surface area contributed by atoms with Crippen molar-refractivity contribution in [1.29, 1.82) is 0 Å². The molecule has 0 bridgehead atoms. The molecule has 1 aliphatic rings. The number of nitrogens with zero attached hydrogens (tertiary/aromatic N) is 4. The minimum atomic E-state index is -0.144. The van der Waals surface area contributed by atoms with Gasteiger partial charge < -0.3 is 14.5 Å². The molecule has 4 rings (SSSR count). The van der Waals surface area contributed by atoms with Gasteiger partial charge in [0, 0.05) is 58.2 Å². The van der Waals surface area contributed by atoms with Gasteiger partial charge in [0.15, 0.2) is 0 Å². The van der Waals surface area contributed by atoms with Gasteiger partial charge in [0.1, 0.15) is 11.9 Å². The number of rotatable bonds is 8. The number of hydrogen-bond donors (Lipinski definition) is 0. The summed E-state index contributed by atoms with van der Waals surface area (Å²) in [6.45, 7) is 6.18. The third kappa shape index (κ3) is 6.10. The van der Waals surface area contributed by atoms with Crippen molar-refractivity contribution >= 4 is 11.8 Å². The number of ether oxygens (including phenoxy) is 1. The van der Waals surface area contributed by atoms with Gasteiger partial charge in [0.25, 0.3) is 5.91 Å². The number of aromatic nitrogens is 2. The number of likely N-dealkylation sites (tertiary alicyclic amines) is 1. The van der Waals surface area contributed by atoms with Crippen LogP contribution >= 0.6 is 0 Å². The molecule has 0 unspecified atom stereocenters. The fraction of sp³-hybridized carbons (Fsp3) is 0.393. The third-order valence-electron chi connectivity index (χ3n) is 6.61. The average molecular weight is 475 g/mol. The summed E-state index contributed by atoms with van der Waals surface area (Å²) in [6.07, 6.45) is 2.66. The second-order valence-electron chi connectivity index (χ2n) is 9.19. The molecule has 7 nitrogen and oxygen atoms in total. The SMILES string of the molecule is CCn1cc(C(=O)N2CC[C@H](Oc3ccccc3)[C@@H](CC(=O)N(C)Cc3ccccc3)C2)c(C)n1. The fourth-order valence-corrected chi connectivity index (χ4v) is 4.61. The maximum absolute atomic E-state index is 13.4. The van der Waals surface area contributed by atoms with Crippen LogP contribution in [0.15, 0.2) is 66.9 Å². The Balaban J connectivity index is 1.49. The van der Waals surface area contributed by atoms with Crippen LogP contribution in [0.2, 0.25) is 0 Å². The third-order valence-corrected chi connectivity index (χ3v) is 6.61. The van der Waals surface area contributed by atoms with E-state index in [0.717, 1.165) is 17.0 Å². The van der Waals surface area contributed by atoms with Gasteiger partial charge in [-0.2, -0.15) is 5.10 Å². The predicted molar refractivity (Wildman–Crippen MR) is 135 cm³/mol. The number of amides is 2. The quantitative estimate of drug-likeness (QED) is 0.492. The Morgan fingerprint density at radius 2 is 1.77 bits per heavy atom. The van der Waals surface area contributed by atoms with Crippen molar-refractivity contribution in [2.24, 2.45) is 5.92 Å². The van der Waals surface area contributed by atoms with Crippen molar-refractivity contribution in [3.63, 3.8) is 0 Å². The molecule has 1 saturated heterocycles. The largest absolute Gasteiger partial charge is 0.490 e. The molecule has 0 saturated carbocycles. The lowest BCUT2D eigenvalue weighted by molar-refractivity contribution is -0.132. The summed E-state index contributed by atoms with van der Waals surface area (Å²) < 4.78 is 8.11. The van der Waals surface area contributed by atoms with Gasteiger partial charge in [-0.1, -0.05) is 48.5 Å². The highest BCUT2D eigenvalue weighted by Crippen LogP contribution is 2.27. The van der Waals surface area contributed by atoms with Gasteiger partial charge in [0.05, 0.1) is 11.3 Å². The summed E-state index contributed by atoms with van der Waals surface area (Å²) >= 11 is 0. The first-order valence-corrected chi connectivity index (χ1v) is 12.3. The number of piperidine rings is 1. The Morgan fingerprint density at radius 3 is 2.43 bits per heavy atom. The highest BCUT2D eigenvalue weighted by atomic mass is 16.5. The first-order chi connectivity index (χ1) is 16.9. The van der Waals surface area contributed by atoms with Crippen LogP contribution in [0.4, 0.5) is 0 Å². The minimum absolute atomic E-state index is 0.0320. The van der Waals surface area contributed by atoms with E-state index in [1.165, 1.54) is 0 Å². The minimum Gasteiger partial charge on any atom is -0.490 e. The molecule has 0 spiro atoms. The fourth-order valence-electron chi connectivity index (χ4n) is 4.61. The summed E-state index contributed by atoms with van der Waals surface area (Å²) in [5.41, 5.74) is 2.44. The van der Waals surface area contributed by atoms with Crippen molar-refractivity contribution in [3.05, 3.63) is 83.7 Å². The van der Waals surface area contributed by atoms with Crippen LogP contribution in [0.3, 0.4) is 0 Å². The Hall–Kier alpha value is -3.61. The highest BCUT2D eigenvalue weighted by molar-refractivity contribution is 5.95. The Kier molecular flexibility index (Phi) is 7.85. The molecule has 0 aliphatic carbocycles. The molecule has 0 N–H and O–H groups in total. The van der Waals surface area contributed by atoms with Crippen LogP contribution in [-0.2, 0) is 17.9 Å². The van der Waals surface area contributed by atoms with E-state index in [4.69, 9.17) is 4.74 Å². The molecule has 1 aromatic heterocycles. The van der Waals surface area contributed by atoms with Gasteiger partial charge >= 0.3 is 0 Å². The average Bonchev–Trinajstić information content (AvgIpc) is 3.26. The van der Waals surface area contributed by atoms with Crippen LogP contribution in [0.1, 0.15) is 41.4 Å². The lowest BCUT2D eigenvalue weighted by atomic mass is 9.90. The van der Waals surface area contributed by atoms with Crippen molar-refractivity contribution in [2.75, 3.05) is 20.1 Å². The smallest absolute Gasteiger partial charge is 0.257 e. The number of para-hydroxylation sites is 1. The van der Waals surface area contributed by atoms with Crippen LogP contribution in [-0.4, -0.2) is 57.6 Å². The number of carbonyl (C=O) groups excluding carboxylic acids is 2. The second-order valence-corrected chi connectivity index (χ2v) is 9.19. The summed E-state index contributed by atoms with van der Waals surface area (Å²) in [5.74, 6) is 0.688. The van der Waals surface area contributed by atoms with Crippen molar-refractivity contribution in [1.82, 2.24) is 19.6 Å². The zero-order chi connectivity index (χ0) is 24.8. The zero-order valence-electron chi connectivity index (χ0n) is 20.8. The van der Waals surface area contributed by atoms with Gasteiger partial charge in [-0.15, -0.1) is 0 Å². The molecule has 1 fully saturated rings. The summed E-state index contributed by atoms with van der Waals surface area (Å²) in [4.78, 5) is 30.2. The monoisotopic (exact) mass is 474 g/mol. The second kappa shape index (κ2) is 11.2. The van der Waals surface area contributed by atoms with E-state index >= 15 is 0 Å². The van der Waals surface area contributed by atoms with Crippen LogP contribution in [0.25, 0.3) is 0 Å². The summed E-state index contributed by atoms with van der Waals surface area (Å²) in [5, 5.41) is 4.43. The van der Waals surface area contributed by atoms with E-state index in [1.807, 2.05) is 92.7 Å². The standard InChI is InChI=1S/C28H34N4O3/c1-4-32-20-25(21(2)29-32)28(34)31-16-15-26(35-24-13-9-6-10-14-24)23(19-31)17-27(33)30(3)18-22-11-7-5-8-12-22/h5-14,20,23,26H,4,15-19H2,1-3H3/t23-,26-/m0/s1. The highest BCUT2D eigenvalue weighted by Gasteiger charge is 2.36. The van der Waals surface area contributed by atoms with E-state index in [9.17, 15) is 9.59 Å². The number of carbonyl (C=O) groups is 2. The maximum atomic E-state index is 13.4. The molecule has 35 heavy (non-hydrogen) atoms. The Morgan fingerprint density at radius 1 is 1.09 bits per heavy atom. The molecule has 2 aromatic carbocycles. The molecule has 3 aromatic rings. The zero-order valence-corrected chi connectivity index (χ0v) is 20.8. The molecule has 1 aliphatic heterocycles. The van der Waals surface area contributed by atoms with Gasteiger partial charge in [0.2, 0.25) is 5.91 Å². The molecule has 0 radical (unpaired) electrons. The van der Waals surface area contributed by atoms with Crippen LogP contribution in [0.5, 0.6) is 5.75 Å². The molecule has 2 heterocycles. The summed E-state index contributed by atoms with van der Waals surface area (Å²) in [7, 11) is 1.83. The molecule has 7 heteroatoms. The number of aryl methyl sites for hydroxylation is 2. The van der Waals surface area contributed by atoms with Crippen molar-refractivity contribution in [3.8, 4) is 5.75 Å². The number of hydrogen-bond acceptors (Lipinski definition) is 4. The van der Waals surface area contributed by atoms with Crippen molar-refractivity contribution < 1.29 is 14.3 Å². The lowest BCUT2D eigenvalue weighted by Crippen LogP contribution is -2.49. The first-order valence-electron chi connectivity index (χ1n) is 12.3. The Labute approximate surface area is 207 Å². The topological polar surface area (TPSA) is 67.7 Å². The van der Waals surface area contributed by atoms with Crippen LogP contribution < -0.4 is 4.74 Å². The molecule has 184 valence electrons. The molecule has 2 amide bonds. The van der Waals surface area contributed by atoms with E-state index in [1.54, 1.807) is 9.58 Å². The maximum Gasteiger partial charge on any atom is 0.257 e. The first kappa shape index (κ1) is 24.5. The summed E-state index contributed by atoms with van der Waals surface area (Å²) in [6, 6.07) is 19.7. The van der Waals surface area contributed by atoms with E-state index < -0.39 is 0 Å². The Bertz CT molecular complexity index is 1130. The van der Waals surface area contributed by atoms with E-state index in [-0.39, 0.29) is 23.8 Å². The molecular formula is C28H34N4O3. The van der Waals surface area contributed by atoms with Gasteiger partial charge in [-0.3, -0.25) is 14.3 Å². The molecular weight excluding hydrogens is 440 g/mol. The molecule has 2 atom stereocenters. The van der Waals surface area contributed by atoms with Gasteiger partial charge in [-0.25, -0.2) is 0 Å². The normalized spacial score (nSPS) is 17.7. The van der Waals surface area contributed by atoms with Crippen LogP contribution in [0, 0.1) is 12.8 Å². The van der Waals surface area contributed by atoms with E-state index in [0.29, 0.717) is 44.6 Å². The van der Waals surface area contributed by atoms with Gasteiger partial charge in [-0.05, 0) is 31.5 Å².